The van der Waals surface area contributed by atoms with E-state index >= 15 is 0 Å². The van der Waals surface area contributed by atoms with Gasteiger partial charge in [0.15, 0.2) is 17.2 Å². The van der Waals surface area contributed by atoms with E-state index in [1.807, 2.05) is 32.0 Å². The van der Waals surface area contributed by atoms with Crippen LogP contribution in [0.15, 0.2) is 18.2 Å². The number of carbonyl (C=O) groups excluding carboxylic acids is 1. The van der Waals surface area contributed by atoms with Crippen LogP contribution >= 0.6 is 11.7 Å². The number of fused-ring (bicyclic) bond motifs is 1. The molecule has 10 heteroatoms. The van der Waals surface area contributed by atoms with Crippen LogP contribution in [0.4, 0.5) is 0 Å². The first-order chi connectivity index (χ1) is 13.1. The molecule has 0 saturated heterocycles. The maximum atomic E-state index is 12.4. The Balaban J connectivity index is 1.35. The van der Waals surface area contributed by atoms with Crippen molar-refractivity contribution in [3.8, 4) is 11.5 Å². The highest BCUT2D eigenvalue weighted by Crippen LogP contribution is 2.32. The van der Waals surface area contributed by atoms with Gasteiger partial charge < -0.3 is 14.8 Å². The van der Waals surface area contributed by atoms with Crippen LogP contribution in [0.2, 0.25) is 0 Å². The monoisotopic (exact) mass is 386 g/mol. The average molecular weight is 386 g/mol. The standard InChI is InChI=1S/C17H18N6O3S/c1-10-13(21-27-20-10)8-23-11(2)16(19-22-23)17(24)18-6-5-12-3-4-14-15(7-12)26-9-25-14/h3-4,7H,5-6,8-9H2,1-2H3,(H,18,24). The van der Waals surface area contributed by atoms with Crippen LogP contribution < -0.4 is 14.8 Å². The molecular formula is C17H18N6O3S. The fourth-order valence-electron chi connectivity index (χ4n) is 2.76. The summed E-state index contributed by atoms with van der Waals surface area (Å²) in [5, 5.41) is 11.0. The van der Waals surface area contributed by atoms with Crippen LogP contribution in [0.3, 0.4) is 0 Å². The number of carbonyl (C=O) groups is 1. The van der Waals surface area contributed by atoms with E-state index in [0.717, 1.165) is 40.2 Å². The third-order valence-corrected chi connectivity index (χ3v) is 5.04. The molecule has 3 heterocycles. The number of hydrogen-bond donors (Lipinski definition) is 1. The lowest BCUT2D eigenvalue weighted by molar-refractivity contribution is 0.0948. The van der Waals surface area contributed by atoms with E-state index in [0.29, 0.717) is 30.9 Å². The summed E-state index contributed by atoms with van der Waals surface area (Å²) in [4.78, 5) is 12.4. The quantitative estimate of drug-likeness (QED) is 0.684. The smallest absolute Gasteiger partial charge is 0.273 e. The number of nitrogens with zero attached hydrogens (tertiary/aromatic N) is 5. The Hall–Kier alpha value is -3.01. The van der Waals surface area contributed by atoms with Gasteiger partial charge in [0.05, 0.1) is 35.4 Å². The van der Waals surface area contributed by atoms with Gasteiger partial charge in [0.25, 0.3) is 5.91 Å². The van der Waals surface area contributed by atoms with Gasteiger partial charge in [-0.05, 0) is 38.0 Å². The molecule has 0 unspecified atom stereocenters. The molecule has 1 amide bonds. The van der Waals surface area contributed by atoms with Crippen molar-refractivity contribution in [2.75, 3.05) is 13.3 Å². The van der Waals surface area contributed by atoms with Crippen molar-refractivity contribution >= 4 is 17.6 Å². The molecule has 1 aliphatic heterocycles. The molecule has 27 heavy (non-hydrogen) atoms. The largest absolute Gasteiger partial charge is 0.454 e. The van der Waals surface area contributed by atoms with Crippen LogP contribution in [0.5, 0.6) is 11.5 Å². The first-order valence-electron chi connectivity index (χ1n) is 8.46. The zero-order valence-electron chi connectivity index (χ0n) is 14.9. The third-order valence-electron chi connectivity index (χ3n) is 4.38. The van der Waals surface area contributed by atoms with Gasteiger partial charge in [-0.3, -0.25) is 4.79 Å². The molecule has 3 aromatic rings. The zero-order chi connectivity index (χ0) is 18.8. The summed E-state index contributed by atoms with van der Waals surface area (Å²) in [7, 11) is 0. The summed E-state index contributed by atoms with van der Waals surface area (Å²) in [5.41, 5.74) is 3.78. The number of benzene rings is 1. The molecule has 4 rings (SSSR count). The fourth-order valence-corrected chi connectivity index (χ4v) is 3.31. The van der Waals surface area contributed by atoms with Gasteiger partial charge in [-0.2, -0.15) is 8.75 Å². The SMILES string of the molecule is Cc1nsnc1Cn1nnc(C(=O)NCCc2ccc3c(c2)OCO3)c1C. The van der Waals surface area contributed by atoms with Gasteiger partial charge in [-0.25, -0.2) is 4.68 Å². The van der Waals surface area contributed by atoms with Crippen LogP contribution in [-0.2, 0) is 13.0 Å². The Morgan fingerprint density at radius 1 is 1.26 bits per heavy atom. The molecule has 1 aromatic carbocycles. The maximum Gasteiger partial charge on any atom is 0.273 e. The summed E-state index contributed by atoms with van der Waals surface area (Å²) < 4.78 is 20.7. The number of hydrogen-bond acceptors (Lipinski definition) is 8. The van der Waals surface area contributed by atoms with Crippen LogP contribution in [-0.4, -0.2) is 43.0 Å². The number of aryl methyl sites for hydroxylation is 1. The number of rotatable bonds is 6. The van der Waals surface area contributed by atoms with Gasteiger partial charge in [-0.15, -0.1) is 5.10 Å². The lowest BCUT2D eigenvalue weighted by atomic mass is 10.1. The molecule has 0 aliphatic carbocycles. The molecule has 0 radical (unpaired) electrons. The molecule has 2 aromatic heterocycles. The van der Waals surface area contributed by atoms with E-state index in [1.54, 1.807) is 4.68 Å². The van der Waals surface area contributed by atoms with Gasteiger partial charge in [0.2, 0.25) is 6.79 Å². The van der Waals surface area contributed by atoms with Crippen molar-refractivity contribution in [3.05, 3.63) is 46.5 Å². The molecule has 1 aliphatic rings. The highest BCUT2D eigenvalue weighted by Gasteiger charge is 2.18. The number of aromatic nitrogens is 5. The van der Waals surface area contributed by atoms with E-state index in [4.69, 9.17) is 9.47 Å². The third kappa shape index (κ3) is 3.61. The fraction of sp³-hybridized carbons (Fsp3) is 0.353. The average Bonchev–Trinajstić information content (AvgIpc) is 3.37. The lowest BCUT2D eigenvalue weighted by Crippen LogP contribution is -2.26. The van der Waals surface area contributed by atoms with Crippen molar-refractivity contribution in [2.24, 2.45) is 0 Å². The number of ether oxygens (including phenoxy) is 2. The molecule has 0 atom stereocenters. The normalized spacial score (nSPS) is 12.4. The summed E-state index contributed by atoms with van der Waals surface area (Å²) in [5.74, 6) is 1.25. The molecule has 0 bridgehead atoms. The molecule has 0 fully saturated rings. The predicted molar refractivity (Wildman–Crippen MR) is 97.1 cm³/mol. The van der Waals surface area contributed by atoms with E-state index < -0.39 is 0 Å². The summed E-state index contributed by atoms with van der Waals surface area (Å²) in [6.45, 7) is 4.91. The minimum atomic E-state index is -0.243. The molecule has 9 nitrogen and oxygen atoms in total. The Morgan fingerprint density at radius 3 is 2.93 bits per heavy atom. The van der Waals surface area contributed by atoms with Gasteiger partial charge in [0, 0.05) is 6.54 Å². The highest BCUT2D eigenvalue weighted by molar-refractivity contribution is 6.99. The summed E-state index contributed by atoms with van der Waals surface area (Å²) in [6, 6.07) is 5.77. The lowest BCUT2D eigenvalue weighted by Gasteiger charge is -2.06. The Bertz CT molecular complexity index is 983. The molecule has 0 spiro atoms. The van der Waals surface area contributed by atoms with Crippen LogP contribution in [0, 0.1) is 13.8 Å². The Morgan fingerprint density at radius 2 is 2.11 bits per heavy atom. The summed E-state index contributed by atoms with van der Waals surface area (Å²) in [6.07, 6.45) is 0.680. The molecule has 140 valence electrons. The zero-order valence-corrected chi connectivity index (χ0v) is 15.7. The van der Waals surface area contributed by atoms with E-state index in [1.165, 1.54) is 0 Å². The van der Waals surface area contributed by atoms with Crippen molar-refractivity contribution < 1.29 is 14.3 Å². The number of amides is 1. The molecular weight excluding hydrogens is 368 g/mol. The van der Waals surface area contributed by atoms with Crippen molar-refractivity contribution in [1.82, 2.24) is 29.1 Å². The maximum absolute atomic E-state index is 12.4. The Labute approximate surface area is 159 Å². The highest BCUT2D eigenvalue weighted by atomic mass is 32.1. The van der Waals surface area contributed by atoms with Crippen molar-refractivity contribution in [3.63, 3.8) is 0 Å². The van der Waals surface area contributed by atoms with Gasteiger partial charge in [0.1, 0.15) is 0 Å². The van der Waals surface area contributed by atoms with Crippen LogP contribution in [0.25, 0.3) is 0 Å². The molecule has 0 saturated carbocycles. The summed E-state index contributed by atoms with van der Waals surface area (Å²) >= 11 is 1.16. The van der Waals surface area contributed by atoms with Gasteiger partial charge in [-0.1, -0.05) is 11.3 Å². The van der Waals surface area contributed by atoms with Crippen molar-refractivity contribution in [2.45, 2.75) is 26.8 Å². The second-order valence-electron chi connectivity index (χ2n) is 6.17. The predicted octanol–water partition coefficient (Wildman–Crippen LogP) is 1.50. The second kappa shape index (κ2) is 7.31. The Kier molecular flexibility index (Phi) is 4.71. The number of nitrogens with one attached hydrogen (secondary N) is 1. The first kappa shape index (κ1) is 17.4. The van der Waals surface area contributed by atoms with E-state index in [9.17, 15) is 4.79 Å². The van der Waals surface area contributed by atoms with E-state index in [2.05, 4.69) is 24.4 Å². The topological polar surface area (TPSA) is 104 Å². The van der Waals surface area contributed by atoms with Crippen molar-refractivity contribution in [1.29, 1.82) is 0 Å². The minimum absolute atomic E-state index is 0.243. The second-order valence-corrected chi connectivity index (χ2v) is 6.70. The molecule has 1 N–H and O–H groups in total. The van der Waals surface area contributed by atoms with E-state index in [-0.39, 0.29) is 12.7 Å². The first-order valence-corrected chi connectivity index (χ1v) is 9.19. The van der Waals surface area contributed by atoms with Crippen LogP contribution in [0.1, 0.15) is 33.1 Å². The minimum Gasteiger partial charge on any atom is -0.454 e. The van der Waals surface area contributed by atoms with Gasteiger partial charge >= 0.3 is 0 Å².